The van der Waals surface area contributed by atoms with Crippen molar-refractivity contribution in [3.63, 3.8) is 0 Å². The average molecular weight is 412 g/mol. The number of hydrogen-bond acceptors (Lipinski definition) is 3. The molecule has 0 spiro atoms. The maximum Gasteiger partial charge on any atom is 0.422 e. The van der Waals surface area contributed by atoms with Crippen molar-refractivity contribution in [2.24, 2.45) is 4.99 Å². The van der Waals surface area contributed by atoms with E-state index >= 15 is 0 Å². The van der Waals surface area contributed by atoms with Crippen molar-refractivity contribution in [1.29, 1.82) is 0 Å². The molecule has 6 nitrogen and oxygen atoms in total. The highest BCUT2D eigenvalue weighted by Gasteiger charge is 2.28. The van der Waals surface area contributed by atoms with Gasteiger partial charge in [-0.2, -0.15) is 13.2 Å². The highest BCUT2D eigenvalue weighted by atomic mass is 19.4. The third kappa shape index (κ3) is 8.50. The molecule has 29 heavy (non-hydrogen) atoms. The van der Waals surface area contributed by atoms with Crippen LogP contribution in [0.15, 0.2) is 53.5 Å². The van der Waals surface area contributed by atoms with Gasteiger partial charge in [0.25, 0.3) is 0 Å². The summed E-state index contributed by atoms with van der Waals surface area (Å²) in [6.07, 6.45) is -4.39. The summed E-state index contributed by atoms with van der Waals surface area (Å²) in [7, 11) is 1.52. The first kappa shape index (κ1) is 22.0. The van der Waals surface area contributed by atoms with Gasteiger partial charge in [-0.05, 0) is 35.9 Å². The molecular weight excluding hydrogens is 392 g/mol. The fraction of sp³-hybridized carbons (Fsp3) is 0.263. The number of guanidine groups is 1. The Morgan fingerprint density at radius 3 is 2.45 bits per heavy atom. The molecule has 2 aromatic rings. The Hall–Kier alpha value is -3.30. The molecule has 0 aromatic heterocycles. The lowest BCUT2D eigenvalue weighted by Gasteiger charge is -2.13. The fourth-order valence-corrected chi connectivity index (χ4v) is 2.21. The zero-order valence-electron chi connectivity index (χ0n) is 15.5. The number of nitrogens with one attached hydrogen (secondary N) is 3. The molecule has 10 heteroatoms. The van der Waals surface area contributed by atoms with E-state index in [4.69, 9.17) is 0 Å². The van der Waals surface area contributed by atoms with E-state index in [1.54, 1.807) is 18.2 Å². The van der Waals surface area contributed by atoms with Crippen molar-refractivity contribution in [2.75, 3.05) is 25.5 Å². The van der Waals surface area contributed by atoms with Crippen LogP contribution in [0, 0.1) is 5.82 Å². The van der Waals surface area contributed by atoms with Crippen LogP contribution in [0.25, 0.3) is 0 Å². The second kappa shape index (κ2) is 10.3. The normalized spacial score (nSPS) is 11.7. The highest BCUT2D eigenvalue weighted by molar-refractivity contribution is 5.94. The minimum atomic E-state index is -4.39. The Morgan fingerprint density at radius 2 is 1.83 bits per heavy atom. The number of benzene rings is 2. The average Bonchev–Trinajstić information content (AvgIpc) is 2.67. The summed E-state index contributed by atoms with van der Waals surface area (Å²) in [4.78, 5) is 15.9. The molecule has 0 unspecified atom stereocenters. The number of ether oxygens (including phenoxy) is 1. The third-order valence-electron chi connectivity index (χ3n) is 3.53. The van der Waals surface area contributed by atoms with Crippen molar-refractivity contribution >= 4 is 17.6 Å². The molecule has 2 aromatic carbocycles. The third-order valence-corrected chi connectivity index (χ3v) is 3.53. The summed E-state index contributed by atoms with van der Waals surface area (Å²) >= 11 is 0. The number of hydrogen-bond donors (Lipinski definition) is 3. The van der Waals surface area contributed by atoms with Gasteiger partial charge in [0.1, 0.15) is 11.6 Å². The SMILES string of the molecule is CN=C(NCC(=O)Nc1cccc(F)c1)NCc1ccc(OCC(F)(F)F)cc1. The molecule has 0 saturated heterocycles. The fourth-order valence-electron chi connectivity index (χ4n) is 2.21. The minimum absolute atomic E-state index is 0.0968. The number of rotatable bonds is 7. The van der Waals surface area contributed by atoms with E-state index in [2.05, 4.69) is 25.7 Å². The van der Waals surface area contributed by atoms with Gasteiger partial charge in [-0.15, -0.1) is 0 Å². The Labute approximate surface area is 165 Å². The predicted octanol–water partition coefficient (Wildman–Crippen LogP) is 3.07. The summed E-state index contributed by atoms with van der Waals surface area (Å²) in [5, 5.41) is 8.32. The van der Waals surface area contributed by atoms with Crippen LogP contribution in [0.4, 0.5) is 23.2 Å². The van der Waals surface area contributed by atoms with E-state index < -0.39 is 18.6 Å². The number of nitrogens with zero attached hydrogens (tertiary/aromatic N) is 1. The monoisotopic (exact) mass is 412 g/mol. The minimum Gasteiger partial charge on any atom is -0.484 e. The first-order chi connectivity index (χ1) is 13.7. The zero-order valence-corrected chi connectivity index (χ0v) is 15.5. The number of aliphatic imine (C=N–C) groups is 1. The number of carbonyl (C=O) groups excluding carboxylic acids is 1. The molecule has 0 aliphatic heterocycles. The molecule has 2 rings (SSSR count). The molecule has 0 heterocycles. The predicted molar refractivity (Wildman–Crippen MR) is 101 cm³/mol. The topological polar surface area (TPSA) is 74.8 Å². The van der Waals surface area contributed by atoms with Crippen molar-refractivity contribution in [2.45, 2.75) is 12.7 Å². The van der Waals surface area contributed by atoms with Gasteiger partial charge >= 0.3 is 6.18 Å². The smallest absolute Gasteiger partial charge is 0.422 e. The summed E-state index contributed by atoms with van der Waals surface area (Å²) in [5.74, 6) is -0.382. The quantitative estimate of drug-likeness (QED) is 0.371. The lowest BCUT2D eigenvalue weighted by molar-refractivity contribution is -0.153. The van der Waals surface area contributed by atoms with Gasteiger partial charge in [-0.3, -0.25) is 9.79 Å². The largest absolute Gasteiger partial charge is 0.484 e. The molecule has 3 N–H and O–H groups in total. The van der Waals surface area contributed by atoms with Crippen LogP contribution in [0.1, 0.15) is 5.56 Å². The Morgan fingerprint density at radius 1 is 1.10 bits per heavy atom. The van der Waals surface area contributed by atoms with Gasteiger partial charge in [-0.1, -0.05) is 18.2 Å². The number of halogens is 4. The molecular formula is C19H20F4N4O2. The maximum absolute atomic E-state index is 13.1. The van der Waals surface area contributed by atoms with Gasteiger partial charge < -0.3 is 20.7 Å². The molecule has 0 atom stereocenters. The van der Waals surface area contributed by atoms with E-state index in [1.807, 2.05) is 0 Å². The lowest BCUT2D eigenvalue weighted by Crippen LogP contribution is -2.41. The van der Waals surface area contributed by atoms with E-state index in [-0.39, 0.29) is 18.2 Å². The van der Waals surface area contributed by atoms with Gasteiger partial charge in [-0.25, -0.2) is 4.39 Å². The Bertz CT molecular complexity index is 839. The number of alkyl halides is 3. The molecule has 156 valence electrons. The molecule has 0 bridgehead atoms. The van der Waals surface area contributed by atoms with Crippen LogP contribution in [0.2, 0.25) is 0 Å². The molecule has 1 amide bonds. The molecule has 0 radical (unpaired) electrons. The molecule has 0 saturated carbocycles. The van der Waals surface area contributed by atoms with E-state index in [0.717, 1.165) is 5.56 Å². The van der Waals surface area contributed by atoms with Crippen LogP contribution < -0.4 is 20.7 Å². The Kier molecular flexibility index (Phi) is 7.81. The lowest BCUT2D eigenvalue weighted by atomic mass is 10.2. The number of amides is 1. The second-order valence-corrected chi connectivity index (χ2v) is 5.89. The van der Waals surface area contributed by atoms with E-state index in [9.17, 15) is 22.4 Å². The van der Waals surface area contributed by atoms with E-state index in [1.165, 1.54) is 37.4 Å². The zero-order chi connectivity index (χ0) is 21.3. The molecule has 0 aliphatic carbocycles. The highest BCUT2D eigenvalue weighted by Crippen LogP contribution is 2.18. The van der Waals surface area contributed by atoms with E-state index in [0.29, 0.717) is 18.2 Å². The van der Waals surface area contributed by atoms with Gasteiger partial charge in [0, 0.05) is 19.3 Å². The van der Waals surface area contributed by atoms with Crippen molar-refractivity contribution < 1.29 is 27.1 Å². The van der Waals surface area contributed by atoms with Crippen LogP contribution in [-0.2, 0) is 11.3 Å². The standard InChI is InChI=1S/C19H20F4N4O2/c1-24-18(26-11-17(28)27-15-4-2-3-14(20)9-15)25-10-13-5-7-16(8-6-13)29-12-19(21,22)23/h2-9H,10-12H2,1H3,(H,27,28)(H2,24,25,26). The second-order valence-electron chi connectivity index (χ2n) is 5.89. The van der Waals surface area contributed by atoms with Crippen molar-refractivity contribution in [3.05, 3.63) is 59.9 Å². The van der Waals surface area contributed by atoms with Crippen molar-refractivity contribution in [3.8, 4) is 5.75 Å². The van der Waals surface area contributed by atoms with Crippen LogP contribution in [0.3, 0.4) is 0 Å². The number of anilines is 1. The van der Waals surface area contributed by atoms with Gasteiger partial charge in [0.05, 0.1) is 6.54 Å². The summed E-state index contributed by atoms with van der Waals surface area (Å²) < 4.78 is 54.2. The van der Waals surface area contributed by atoms with Gasteiger partial charge in [0.2, 0.25) is 5.91 Å². The first-order valence-corrected chi connectivity index (χ1v) is 8.53. The summed E-state index contributed by atoms with van der Waals surface area (Å²) in [6.45, 7) is -1.12. The molecule has 0 aliphatic rings. The summed E-state index contributed by atoms with van der Waals surface area (Å²) in [6, 6.07) is 11.6. The maximum atomic E-state index is 13.1. The summed E-state index contributed by atoms with van der Waals surface area (Å²) in [5.41, 5.74) is 1.11. The van der Waals surface area contributed by atoms with Crippen LogP contribution in [-0.4, -0.2) is 38.2 Å². The van der Waals surface area contributed by atoms with Crippen molar-refractivity contribution in [1.82, 2.24) is 10.6 Å². The van der Waals surface area contributed by atoms with Gasteiger partial charge in [0.15, 0.2) is 12.6 Å². The van der Waals surface area contributed by atoms with Crippen LogP contribution in [0.5, 0.6) is 5.75 Å². The Balaban J connectivity index is 1.76. The van der Waals surface area contributed by atoms with Crippen LogP contribution >= 0.6 is 0 Å². The first-order valence-electron chi connectivity index (χ1n) is 8.53. The number of carbonyl (C=O) groups is 1. The molecule has 0 fully saturated rings.